The van der Waals surface area contributed by atoms with Gasteiger partial charge in [-0.2, -0.15) is 0 Å². The van der Waals surface area contributed by atoms with E-state index in [4.69, 9.17) is 0 Å². The van der Waals surface area contributed by atoms with Crippen LogP contribution in [0.25, 0.3) is 10.9 Å². The molecule has 0 aliphatic heterocycles. The average Bonchev–Trinajstić information content (AvgIpc) is 2.77. The minimum absolute atomic E-state index is 0.929. The summed E-state index contributed by atoms with van der Waals surface area (Å²) < 4.78 is 3.31. The molecular weight excluding hydrogens is 256 g/mol. The molecule has 21 heavy (non-hydrogen) atoms. The molecule has 0 amide bonds. The van der Waals surface area contributed by atoms with Gasteiger partial charge in [-0.05, 0) is 11.6 Å². The summed E-state index contributed by atoms with van der Waals surface area (Å²) in [5.41, 5.74) is 4.09. The number of quaternary nitrogens is 1. The Hall–Kier alpha value is -2.06. The molecule has 0 unspecified atom stereocenters. The molecule has 3 rings (SSSR count). The monoisotopic (exact) mass is 279 g/mol. The quantitative estimate of drug-likeness (QED) is 0.638. The van der Waals surface area contributed by atoms with Crippen molar-refractivity contribution >= 4 is 10.9 Å². The van der Waals surface area contributed by atoms with Crippen LogP contribution in [0, 0.1) is 0 Å². The van der Waals surface area contributed by atoms with Gasteiger partial charge in [-0.1, -0.05) is 48.5 Å². The molecule has 1 aromatic heterocycles. The van der Waals surface area contributed by atoms with Crippen LogP contribution in [0.2, 0.25) is 0 Å². The molecule has 2 heteroatoms. The predicted octanol–water partition coefficient (Wildman–Crippen LogP) is 3.90. The summed E-state index contributed by atoms with van der Waals surface area (Å²) in [6.45, 7) is 1.97. The summed E-state index contributed by atoms with van der Waals surface area (Å²) in [6.07, 6.45) is 2.32. The molecule has 0 atom stereocenters. The molecule has 0 saturated heterocycles. The third kappa shape index (κ3) is 3.17. The number of para-hydroxylation sites is 1. The van der Waals surface area contributed by atoms with Gasteiger partial charge in [0, 0.05) is 29.2 Å². The van der Waals surface area contributed by atoms with Crippen LogP contribution in [-0.4, -0.2) is 30.2 Å². The zero-order chi connectivity index (χ0) is 14.9. The molecule has 0 N–H and O–H groups in total. The number of hydrogen-bond acceptors (Lipinski definition) is 0. The van der Waals surface area contributed by atoms with Crippen molar-refractivity contribution in [2.75, 3.05) is 21.1 Å². The van der Waals surface area contributed by atoms with Crippen LogP contribution in [0.4, 0.5) is 0 Å². The van der Waals surface area contributed by atoms with Crippen LogP contribution in [0.5, 0.6) is 0 Å². The second kappa shape index (κ2) is 5.38. The van der Waals surface area contributed by atoms with E-state index < -0.39 is 0 Å². The Balaban J connectivity index is 2.03. The summed E-state index contributed by atoms with van der Waals surface area (Å²) in [4.78, 5) is 0. The van der Waals surface area contributed by atoms with Crippen molar-refractivity contribution in [2.45, 2.75) is 13.1 Å². The molecule has 0 bridgehead atoms. The zero-order valence-corrected chi connectivity index (χ0v) is 13.1. The minimum atomic E-state index is 0.929. The molecule has 0 saturated carbocycles. The Labute approximate surface area is 126 Å². The zero-order valence-electron chi connectivity index (χ0n) is 13.1. The highest BCUT2D eigenvalue weighted by Crippen LogP contribution is 2.24. The Kier molecular flexibility index (Phi) is 3.56. The molecule has 2 aromatic carbocycles. The fourth-order valence-corrected chi connectivity index (χ4v) is 2.87. The number of aromatic nitrogens is 1. The molecule has 0 aliphatic rings. The van der Waals surface area contributed by atoms with E-state index >= 15 is 0 Å². The van der Waals surface area contributed by atoms with Gasteiger partial charge in [-0.25, -0.2) is 0 Å². The van der Waals surface area contributed by atoms with E-state index in [1.807, 2.05) is 0 Å². The Morgan fingerprint density at radius 1 is 0.857 bits per heavy atom. The van der Waals surface area contributed by atoms with Crippen LogP contribution in [0.15, 0.2) is 60.8 Å². The van der Waals surface area contributed by atoms with Crippen molar-refractivity contribution < 1.29 is 4.48 Å². The largest absolute Gasteiger partial charge is 0.343 e. The van der Waals surface area contributed by atoms with Crippen LogP contribution in [0.3, 0.4) is 0 Å². The number of fused-ring (bicyclic) bond motifs is 1. The van der Waals surface area contributed by atoms with E-state index in [0.717, 1.165) is 17.6 Å². The van der Waals surface area contributed by atoms with E-state index in [1.165, 1.54) is 22.0 Å². The number of hydrogen-bond donors (Lipinski definition) is 0. The van der Waals surface area contributed by atoms with Gasteiger partial charge in [0.05, 0.1) is 21.1 Å². The first-order valence-electron chi connectivity index (χ1n) is 7.44. The summed E-state index contributed by atoms with van der Waals surface area (Å²) in [6, 6.07) is 19.4. The minimum Gasteiger partial charge on any atom is -0.343 e. The van der Waals surface area contributed by atoms with Crippen molar-refractivity contribution in [3.8, 4) is 0 Å². The third-order valence-electron chi connectivity index (χ3n) is 3.71. The first-order valence-corrected chi connectivity index (χ1v) is 7.44. The Bertz CT molecular complexity index is 733. The highest BCUT2D eigenvalue weighted by Gasteiger charge is 2.15. The van der Waals surface area contributed by atoms with Crippen LogP contribution < -0.4 is 0 Å². The third-order valence-corrected chi connectivity index (χ3v) is 3.71. The maximum atomic E-state index is 2.37. The van der Waals surface area contributed by atoms with Crippen molar-refractivity contribution in [3.05, 3.63) is 71.9 Å². The van der Waals surface area contributed by atoms with Crippen LogP contribution in [-0.2, 0) is 13.1 Å². The van der Waals surface area contributed by atoms with Crippen molar-refractivity contribution in [2.24, 2.45) is 0 Å². The first kappa shape index (κ1) is 13.9. The molecule has 0 fully saturated rings. The molecule has 1 heterocycles. The van der Waals surface area contributed by atoms with E-state index in [9.17, 15) is 0 Å². The lowest BCUT2D eigenvalue weighted by Gasteiger charge is -2.23. The van der Waals surface area contributed by atoms with E-state index in [0.29, 0.717) is 0 Å². The summed E-state index contributed by atoms with van der Waals surface area (Å²) in [5.74, 6) is 0. The predicted molar refractivity (Wildman–Crippen MR) is 89.2 cm³/mol. The van der Waals surface area contributed by atoms with Gasteiger partial charge in [0.2, 0.25) is 0 Å². The van der Waals surface area contributed by atoms with Crippen LogP contribution >= 0.6 is 0 Å². The lowest BCUT2D eigenvalue weighted by atomic mass is 10.1. The fraction of sp³-hybridized carbons (Fsp3) is 0.263. The molecule has 0 spiro atoms. The van der Waals surface area contributed by atoms with Gasteiger partial charge in [0.25, 0.3) is 0 Å². The highest BCUT2D eigenvalue weighted by atomic mass is 15.3. The second-order valence-corrected chi connectivity index (χ2v) is 6.73. The lowest BCUT2D eigenvalue weighted by Crippen LogP contribution is -2.33. The number of nitrogens with zero attached hydrogens (tertiary/aromatic N) is 2. The van der Waals surface area contributed by atoms with Gasteiger partial charge in [-0.15, -0.1) is 0 Å². The second-order valence-electron chi connectivity index (χ2n) is 6.73. The molecule has 0 aliphatic carbocycles. The van der Waals surface area contributed by atoms with Crippen molar-refractivity contribution in [1.82, 2.24) is 4.57 Å². The van der Waals surface area contributed by atoms with E-state index in [2.05, 4.69) is 86.5 Å². The summed E-state index contributed by atoms with van der Waals surface area (Å²) in [7, 11) is 6.72. The summed E-state index contributed by atoms with van der Waals surface area (Å²) in [5, 5.41) is 1.38. The molecule has 2 nitrogen and oxygen atoms in total. The molecule has 108 valence electrons. The SMILES string of the molecule is C[N+](C)(C)Cc1cn(Cc2ccccc2)c2ccccc12. The van der Waals surface area contributed by atoms with Crippen molar-refractivity contribution in [1.29, 1.82) is 0 Å². The number of benzene rings is 2. The van der Waals surface area contributed by atoms with Crippen LogP contribution in [0.1, 0.15) is 11.1 Å². The molecular formula is C19H23N2+. The Morgan fingerprint density at radius 2 is 1.52 bits per heavy atom. The smallest absolute Gasteiger partial charge is 0.106 e. The number of rotatable bonds is 4. The highest BCUT2D eigenvalue weighted by molar-refractivity contribution is 5.83. The molecule has 3 aromatic rings. The van der Waals surface area contributed by atoms with Gasteiger partial charge < -0.3 is 9.05 Å². The summed E-state index contributed by atoms with van der Waals surface area (Å²) >= 11 is 0. The van der Waals surface area contributed by atoms with Gasteiger partial charge in [-0.3, -0.25) is 0 Å². The van der Waals surface area contributed by atoms with E-state index in [-0.39, 0.29) is 0 Å². The van der Waals surface area contributed by atoms with E-state index in [1.54, 1.807) is 0 Å². The topological polar surface area (TPSA) is 4.93 Å². The maximum Gasteiger partial charge on any atom is 0.106 e. The normalized spacial score (nSPS) is 12.0. The average molecular weight is 279 g/mol. The maximum absolute atomic E-state index is 2.37. The standard InChI is InChI=1S/C19H23N2/c1-21(2,3)15-17-14-20(13-16-9-5-4-6-10-16)19-12-8-7-11-18(17)19/h4-12,14H,13,15H2,1-3H3/q+1. The Morgan fingerprint density at radius 3 is 2.24 bits per heavy atom. The fourth-order valence-electron chi connectivity index (χ4n) is 2.87. The first-order chi connectivity index (χ1) is 10.0. The van der Waals surface area contributed by atoms with Gasteiger partial charge in [0.15, 0.2) is 0 Å². The van der Waals surface area contributed by atoms with Gasteiger partial charge in [0.1, 0.15) is 6.54 Å². The van der Waals surface area contributed by atoms with Gasteiger partial charge >= 0.3 is 0 Å². The molecule has 0 radical (unpaired) electrons. The van der Waals surface area contributed by atoms with Crippen molar-refractivity contribution in [3.63, 3.8) is 0 Å². The lowest BCUT2D eigenvalue weighted by molar-refractivity contribution is -0.883.